The van der Waals surface area contributed by atoms with Crippen molar-refractivity contribution in [3.63, 3.8) is 0 Å². The lowest BCUT2D eigenvalue weighted by molar-refractivity contribution is 0.241. The lowest BCUT2D eigenvalue weighted by atomic mass is 10.1. The molecule has 1 heterocycles. The molecule has 0 amide bonds. The average molecular weight is 265 g/mol. The van der Waals surface area contributed by atoms with Crippen molar-refractivity contribution in [2.45, 2.75) is 59.5 Å². The van der Waals surface area contributed by atoms with Gasteiger partial charge in [-0.15, -0.1) is 0 Å². The van der Waals surface area contributed by atoms with Gasteiger partial charge in [0.05, 0.1) is 18.5 Å². The van der Waals surface area contributed by atoms with Crippen LogP contribution in [0.2, 0.25) is 0 Å². The number of rotatable bonds is 7. The summed E-state index contributed by atoms with van der Waals surface area (Å²) in [5.74, 6) is 1.18. The SMILES string of the molecule is CCCC(C)COc1cncc(CNC(C)(C)C)n1. The highest BCUT2D eigenvalue weighted by molar-refractivity contribution is 5.08. The first-order chi connectivity index (χ1) is 8.90. The van der Waals surface area contributed by atoms with E-state index in [0.29, 0.717) is 24.9 Å². The molecular formula is C15H27N3O. The van der Waals surface area contributed by atoms with Crippen molar-refractivity contribution in [3.05, 3.63) is 18.1 Å². The average Bonchev–Trinajstić information content (AvgIpc) is 2.34. The minimum Gasteiger partial charge on any atom is -0.476 e. The molecule has 4 heteroatoms. The highest BCUT2D eigenvalue weighted by Crippen LogP contribution is 2.10. The smallest absolute Gasteiger partial charge is 0.232 e. The van der Waals surface area contributed by atoms with Crippen LogP contribution in [0.25, 0.3) is 0 Å². The Labute approximate surface area is 117 Å². The van der Waals surface area contributed by atoms with Crippen LogP contribution in [0.3, 0.4) is 0 Å². The zero-order chi connectivity index (χ0) is 14.3. The van der Waals surface area contributed by atoms with E-state index in [4.69, 9.17) is 4.74 Å². The molecule has 0 aliphatic rings. The zero-order valence-corrected chi connectivity index (χ0v) is 12.9. The summed E-state index contributed by atoms with van der Waals surface area (Å²) in [5.41, 5.74) is 0.990. The van der Waals surface area contributed by atoms with Crippen LogP contribution in [-0.4, -0.2) is 22.1 Å². The fourth-order valence-corrected chi connectivity index (χ4v) is 1.70. The summed E-state index contributed by atoms with van der Waals surface area (Å²) in [6, 6.07) is 0. The Balaban J connectivity index is 2.48. The Kier molecular flexibility index (Phi) is 6.22. The van der Waals surface area contributed by atoms with Crippen molar-refractivity contribution in [1.82, 2.24) is 15.3 Å². The summed E-state index contributed by atoms with van der Waals surface area (Å²) in [7, 11) is 0. The predicted molar refractivity (Wildman–Crippen MR) is 78.2 cm³/mol. The molecule has 1 atom stereocenters. The van der Waals surface area contributed by atoms with E-state index in [1.54, 1.807) is 12.4 Å². The molecule has 0 aliphatic carbocycles. The Morgan fingerprint density at radius 2 is 2.05 bits per heavy atom. The van der Waals surface area contributed by atoms with Crippen LogP contribution in [0, 0.1) is 5.92 Å². The first kappa shape index (κ1) is 15.9. The van der Waals surface area contributed by atoms with E-state index in [1.807, 2.05) is 0 Å². The van der Waals surface area contributed by atoms with Crippen LogP contribution in [0.5, 0.6) is 5.88 Å². The van der Waals surface area contributed by atoms with E-state index in [-0.39, 0.29) is 5.54 Å². The van der Waals surface area contributed by atoms with Crippen molar-refractivity contribution in [3.8, 4) is 5.88 Å². The van der Waals surface area contributed by atoms with Gasteiger partial charge in [-0.2, -0.15) is 0 Å². The maximum atomic E-state index is 5.69. The van der Waals surface area contributed by atoms with E-state index in [2.05, 4.69) is 49.9 Å². The number of ether oxygens (including phenoxy) is 1. The van der Waals surface area contributed by atoms with Gasteiger partial charge in [0.1, 0.15) is 0 Å². The highest BCUT2D eigenvalue weighted by atomic mass is 16.5. The minimum atomic E-state index is 0.0776. The molecule has 0 aromatic carbocycles. The molecule has 1 aromatic rings. The summed E-state index contributed by atoms with van der Waals surface area (Å²) in [6.07, 6.45) is 5.82. The lowest BCUT2D eigenvalue weighted by Gasteiger charge is -2.20. The molecule has 0 aliphatic heterocycles. The van der Waals surface area contributed by atoms with Crippen LogP contribution < -0.4 is 10.1 Å². The maximum Gasteiger partial charge on any atom is 0.232 e. The molecule has 4 nitrogen and oxygen atoms in total. The number of hydrogen-bond donors (Lipinski definition) is 1. The quantitative estimate of drug-likeness (QED) is 0.822. The highest BCUT2D eigenvalue weighted by Gasteiger charge is 2.10. The van der Waals surface area contributed by atoms with Gasteiger partial charge in [0.25, 0.3) is 0 Å². The van der Waals surface area contributed by atoms with Gasteiger partial charge in [0.2, 0.25) is 5.88 Å². The fourth-order valence-electron chi connectivity index (χ4n) is 1.70. The van der Waals surface area contributed by atoms with Gasteiger partial charge < -0.3 is 10.1 Å². The van der Waals surface area contributed by atoms with Gasteiger partial charge in [-0.3, -0.25) is 4.98 Å². The van der Waals surface area contributed by atoms with Gasteiger partial charge in [-0.05, 0) is 33.1 Å². The second kappa shape index (κ2) is 7.43. The summed E-state index contributed by atoms with van der Waals surface area (Å²) in [4.78, 5) is 8.64. The number of nitrogens with one attached hydrogen (secondary N) is 1. The van der Waals surface area contributed by atoms with Crippen LogP contribution >= 0.6 is 0 Å². The molecule has 108 valence electrons. The van der Waals surface area contributed by atoms with Gasteiger partial charge in [-0.25, -0.2) is 4.98 Å². The van der Waals surface area contributed by atoms with Crippen molar-refractivity contribution in [2.24, 2.45) is 5.92 Å². The monoisotopic (exact) mass is 265 g/mol. The molecule has 0 spiro atoms. The Hall–Kier alpha value is -1.16. The Bertz CT molecular complexity index is 374. The third-order valence-corrected chi connectivity index (χ3v) is 2.76. The van der Waals surface area contributed by atoms with Crippen molar-refractivity contribution in [2.75, 3.05) is 6.61 Å². The van der Waals surface area contributed by atoms with Crippen molar-refractivity contribution >= 4 is 0 Å². The molecule has 1 aromatic heterocycles. The third-order valence-electron chi connectivity index (χ3n) is 2.76. The molecule has 1 N–H and O–H groups in total. The first-order valence-corrected chi connectivity index (χ1v) is 7.09. The van der Waals surface area contributed by atoms with E-state index >= 15 is 0 Å². The van der Waals surface area contributed by atoms with Gasteiger partial charge >= 0.3 is 0 Å². The standard InChI is InChI=1S/C15H27N3O/c1-6-7-12(2)11-19-14-10-16-8-13(18-14)9-17-15(3,4)5/h8,10,12,17H,6-7,9,11H2,1-5H3. The second-order valence-electron chi connectivity index (χ2n) is 6.16. The third kappa shape index (κ3) is 7.11. The normalized spacial score (nSPS) is 13.3. The fraction of sp³-hybridized carbons (Fsp3) is 0.733. The molecule has 0 saturated carbocycles. The molecular weight excluding hydrogens is 238 g/mol. The molecule has 0 radical (unpaired) electrons. The number of hydrogen-bond acceptors (Lipinski definition) is 4. The molecule has 0 fully saturated rings. The summed E-state index contributed by atoms with van der Waals surface area (Å²) in [5, 5.41) is 3.39. The van der Waals surface area contributed by atoms with Gasteiger partial charge in [0.15, 0.2) is 0 Å². The van der Waals surface area contributed by atoms with E-state index in [9.17, 15) is 0 Å². The largest absolute Gasteiger partial charge is 0.476 e. The molecule has 1 rings (SSSR count). The van der Waals surface area contributed by atoms with Crippen LogP contribution in [0.1, 0.15) is 53.2 Å². The second-order valence-corrected chi connectivity index (χ2v) is 6.16. The van der Waals surface area contributed by atoms with Crippen molar-refractivity contribution < 1.29 is 4.74 Å². The first-order valence-electron chi connectivity index (χ1n) is 7.09. The Morgan fingerprint density at radius 3 is 2.68 bits per heavy atom. The van der Waals surface area contributed by atoms with Crippen LogP contribution in [-0.2, 0) is 6.54 Å². The summed E-state index contributed by atoms with van der Waals surface area (Å²) in [6.45, 7) is 12.2. The molecule has 0 bridgehead atoms. The van der Waals surface area contributed by atoms with Gasteiger partial charge in [0, 0.05) is 18.3 Å². The van der Waals surface area contributed by atoms with E-state index < -0.39 is 0 Å². The summed E-state index contributed by atoms with van der Waals surface area (Å²) >= 11 is 0. The van der Waals surface area contributed by atoms with E-state index in [0.717, 1.165) is 5.69 Å². The lowest BCUT2D eigenvalue weighted by Crippen LogP contribution is -2.35. The van der Waals surface area contributed by atoms with Crippen LogP contribution in [0.4, 0.5) is 0 Å². The minimum absolute atomic E-state index is 0.0776. The van der Waals surface area contributed by atoms with Gasteiger partial charge in [-0.1, -0.05) is 20.3 Å². The molecule has 0 saturated heterocycles. The zero-order valence-electron chi connectivity index (χ0n) is 12.9. The van der Waals surface area contributed by atoms with Crippen LogP contribution in [0.15, 0.2) is 12.4 Å². The van der Waals surface area contributed by atoms with E-state index in [1.165, 1.54) is 12.8 Å². The van der Waals surface area contributed by atoms with Crippen molar-refractivity contribution in [1.29, 1.82) is 0 Å². The maximum absolute atomic E-state index is 5.69. The Morgan fingerprint density at radius 1 is 1.32 bits per heavy atom. The topological polar surface area (TPSA) is 47.0 Å². The number of aromatic nitrogens is 2. The number of nitrogens with zero attached hydrogens (tertiary/aromatic N) is 2. The molecule has 1 unspecified atom stereocenters. The predicted octanol–water partition coefficient (Wildman–Crippen LogP) is 3.18. The molecule has 19 heavy (non-hydrogen) atoms. The summed E-state index contributed by atoms with van der Waals surface area (Å²) < 4.78 is 5.69.